The largest absolute Gasteiger partial charge is 0.368 e. The van der Waals surface area contributed by atoms with E-state index in [1.807, 2.05) is 0 Å². The highest BCUT2D eigenvalue weighted by Crippen LogP contribution is 2.27. The average molecular weight is 367 g/mol. The highest BCUT2D eigenvalue weighted by atomic mass is 16.2. The topological polar surface area (TPSA) is 110 Å². The first-order valence-corrected chi connectivity index (χ1v) is 10.6. The number of unbranched alkanes of at least 4 members (excludes halogenated alkanes) is 3. The van der Waals surface area contributed by atoms with Crippen LogP contribution < -0.4 is 22.1 Å². The van der Waals surface area contributed by atoms with Crippen molar-refractivity contribution in [1.29, 1.82) is 0 Å². The summed E-state index contributed by atoms with van der Waals surface area (Å²) in [6, 6.07) is 0. The van der Waals surface area contributed by atoms with Gasteiger partial charge < -0.3 is 22.1 Å². The van der Waals surface area contributed by atoms with Crippen LogP contribution in [0.15, 0.2) is 0 Å². The summed E-state index contributed by atoms with van der Waals surface area (Å²) < 4.78 is 0. The van der Waals surface area contributed by atoms with Crippen LogP contribution in [0.1, 0.15) is 89.9 Å². The van der Waals surface area contributed by atoms with E-state index in [0.29, 0.717) is 0 Å². The van der Waals surface area contributed by atoms with E-state index in [9.17, 15) is 9.59 Å². The summed E-state index contributed by atoms with van der Waals surface area (Å²) in [6.07, 6.45) is 14.2. The maximum atomic E-state index is 12.0. The highest BCUT2D eigenvalue weighted by Gasteiger charge is 2.37. The third-order valence-corrected chi connectivity index (χ3v) is 6.39. The molecule has 0 radical (unpaired) electrons. The van der Waals surface area contributed by atoms with Gasteiger partial charge in [-0.3, -0.25) is 9.59 Å². The Morgan fingerprint density at radius 3 is 1.46 bits per heavy atom. The van der Waals surface area contributed by atoms with E-state index in [1.165, 1.54) is 12.8 Å². The van der Waals surface area contributed by atoms with E-state index in [4.69, 9.17) is 11.5 Å². The van der Waals surface area contributed by atoms with Gasteiger partial charge in [-0.2, -0.15) is 0 Å². The van der Waals surface area contributed by atoms with Crippen molar-refractivity contribution >= 4 is 11.8 Å². The van der Waals surface area contributed by atoms with Crippen molar-refractivity contribution in [2.24, 2.45) is 11.5 Å². The number of rotatable bonds is 9. The zero-order chi connectivity index (χ0) is 18.9. The lowest BCUT2D eigenvalue weighted by molar-refractivity contribution is -0.125. The lowest BCUT2D eigenvalue weighted by Crippen LogP contribution is -2.55. The van der Waals surface area contributed by atoms with Crippen molar-refractivity contribution in [3.8, 4) is 0 Å². The van der Waals surface area contributed by atoms with E-state index < -0.39 is 11.1 Å². The predicted octanol–water partition coefficient (Wildman–Crippen LogP) is 2.10. The first kappa shape index (κ1) is 21.2. The molecule has 0 spiro atoms. The van der Waals surface area contributed by atoms with Crippen molar-refractivity contribution < 1.29 is 9.59 Å². The number of primary amides is 2. The summed E-state index contributed by atoms with van der Waals surface area (Å²) in [6.45, 7) is 1.77. The minimum absolute atomic E-state index is 0.199. The molecule has 26 heavy (non-hydrogen) atoms. The van der Waals surface area contributed by atoms with Crippen LogP contribution in [0.2, 0.25) is 0 Å². The van der Waals surface area contributed by atoms with Gasteiger partial charge >= 0.3 is 0 Å². The molecule has 2 heterocycles. The van der Waals surface area contributed by atoms with Crippen LogP contribution in [0, 0.1) is 0 Å². The Kier molecular flexibility index (Phi) is 8.35. The Labute approximate surface area is 158 Å². The van der Waals surface area contributed by atoms with E-state index >= 15 is 0 Å². The Morgan fingerprint density at radius 2 is 1.08 bits per heavy atom. The number of hydrogen-bond acceptors (Lipinski definition) is 4. The van der Waals surface area contributed by atoms with Crippen LogP contribution in [0.3, 0.4) is 0 Å². The summed E-state index contributed by atoms with van der Waals surface area (Å²) in [5.41, 5.74) is 10.4. The molecule has 0 saturated carbocycles. The SMILES string of the molecule is NC(=O)C1(CCCCCCC2(C(N)=O)CCCCCN2)CCCCCN1. The van der Waals surface area contributed by atoms with Crippen LogP contribution in [-0.2, 0) is 9.59 Å². The molecule has 2 unspecified atom stereocenters. The number of carbonyl (C=O) groups is 2. The monoisotopic (exact) mass is 366 g/mol. The predicted molar refractivity (Wildman–Crippen MR) is 104 cm³/mol. The fraction of sp³-hybridized carbons (Fsp3) is 0.900. The molecule has 6 heteroatoms. The second-order valence-electron chi connectivity index (χ2n) is 8.28. The molecule has 2 rings (SSSR count). The molecule has 0 aromatic rings. The lowest BCUT2D eigenvalue weighted by atomic mass is 9.85. The lowest BCUT2D eigenvalue weighted by Gasteiger charge is -2.31. The number of carbonyl (C=O) groups excluding carboxylic acids is 2. The van der Waals surface area contributed by atoms with Crippen molar-refractivity contribution in [3.05, 3.63) is 0 Å². The van der Waals surface area contributed by atoms with Gasteiger partial charge in [-0.1, -0.05) is 51.4 Å². The summed E-state index contributed by atoms with van der Waals surface area (Å²) in [4.78, 5) is 24.0. The molecular formula is C20H38N4O2. The van der Waals surface area contributed by atoms with Gasteiger partial charge in [0.1, 0.15) is 0 Å². The second kappa shape index (κ2) is 10.3. The van der Waals surface area contributed by atoms with Crippen molar-refractivity contribution in [3.63, 3.8) is 0 Å². The van der Waals surface area contributed by atoms with Crippen LogP contribution >= 0.6 is 0 Å². The van der Waals surface area contributed by atoms with E-state index in [-0.39, 0.29) is 11.8 Å². The quantitative estimate of drug-likeness (QED) is 0.468. The number of nitrogens with two attached hydrogens (primary N) is 2. The van der Waals surface area contributed by atoms with Crippen LogP contribution in [0.5, 0.6) is 0 Å². The molecule has 2 atom stereocenters. The van der Waals surface area contributed by atoms with Gasteiger partial charge in [0.15, 0.2) is 0 Å². The zero-order valence-corrected chi connectivity index (χ0v) is 16.3. The first-order chi connectivity index (χ1) is 12.5. The normalized spacial score (nSPS) is 30.3. The standard InChI is InChI=1S/C20H38N4O2/c21-17(25)19(13-7-3-9-15-23-19)11-5-1-2-6-12-20(18(22)26)14-8-4-10-16-24-20/h23-24H,1-16H2,(H2,21,25)(H2,22,26). The second-order valence-corrected chi connectivity index (χ2v) is 8.28. The zero-order valence-electron chi connectivity index (χ0n) is 16.3. The summed E-state index contributed by atoms with van der Waals surface area (Å²) in [5.74, 6) is -0.399. The van der Waals surface area contributed by atoms with E-state index in [2.05, 4.69) is 10.6 Å². The average Bonchev–Trinajstić information content (AvgIpc) is 3.00. The Morgan fingerprint density at radius 1 is 0.654 bits per heavy atom. The molecule has 150 valence electrons. The third kappa shape index (κ3) is 5.68. The van der Waals surface area contributed by atoms with Gasteiger partial charge in [-0.25, -0.2) is 0 Å². The van der Waals surface area contributed by atoms with Gasteiger partial charge in [-0.15, -0.1) is 0 Å². The van der Waals surface area contributed by atoms with Gasteiger partial charge in [0.2, 0.25) is 11.8 Å². The Bertz CT molecular complexity index is 409. The first-order valence-electron chi connectivity index (χ1n) is 10.6. The van der Waals surface area contributed by atoms with Crippen molar-refractivity contribution in [1.82, 2.24) is 10.6 Å². The van der Waals surface area contributed by atoms with E-state index in [0.717, 1.165) is 90.1 Å². The minimum Gasteiger partial charge on any atom is -0.368 e. The third-order valence-electron chi connectivity index (χ3n) is 6.39. The summed E-state index contributed by atoms with van der Waals surface area (Å²) in [7, 11) is 0. The fourth-order valence-electron chi connectivity index (χ4n) is 4.59. The van der Waals surface area contributed by atoms with Gasteiger partial charge in [0, 0.05) is 0 Å². The smallest absolute Gasteiger partial charge is 0.237 e. The maximum Gasteiger partial charge on any atom is 0.237 e. The molecule has 2 aliphatic heterocycles. The summed E-state index contributed by atoms with van der Waals surface area (Å²) in [5, 5.41) is 6.84. The molecule has 2 fully saturated rings. The highest BCUT2D eigenvalue weighted by molar-refractivity contribution is 5.85. The van der Waals surface area contributed by atoms with Gasteiger partial charge in [0.25, 0.3) is 0 Å². The molecule has 2 saturated heterocycles. The molecule has 2 amide bonds. The molecule has 6 nitrogen and oxygen atoms in total. The summed E-state index contributed by atoms with van der Waals surface area (Å²) >= 11 is 0. The minimum atomic E-state index is -0.506. The Hall–Kier alpha value is -1.14. The molecule has 0 aromatic carbocycles. The molecule has 6 N–H and O–H groups in total. The fourth-order valence-corrected chi connectivity index (χ4v) is 4.59. The molecule has 2 aliphatic rings. The van der Waals surface area contributed by atoms with E-state index in [1.54, 1.807) is 0 Å². The number of nitrogens with one attached hydrogen (secondary N) is 2. The van der Waals surface area contributed by atoms with Crippen LogP contribution in [-0.4, -0.2) is 36.0 Å². The van der Waals surface area contributed by atoms with Gasteiger partial charge in [0.05, 0.1) is 11.1 Å². The number of amides is 2. The molecule has 0 bridgehead atoms. The van der Waals surface area contributed by atoms with Crippen molar-refractivity contribution in [2.45, 2.75) is 101 Å². The van der Waals surface area contributed by atoms with Gasteiger partial charge in [-0.05, 0) is 51.6 Å². The maximum absolute atomic E-state index is 12.0. The molecule has 0 aliphatic carbocycles. The van der Waals surface area contributed by atoms with Crippen LogP contribution in [0.25, 0.3) is 0 Å². The molecular weight excluding hydrogens is 328 g/mol. The Balaban J connectivity index is 1.73. The van der Waals surface area contributed by atoms with Crippen molar-refractivity contribution in [2.75, 3.05) is 13.1 Å². The molecule has 0 aromatic heterocycles. The van der Waals surface area contributed by atoms with Crippen LogP contribution in [0.4, 0.5) is 0 Å². The number of hydrogen-bond donors (Lipinski definition) is 4.